The molecule has 5 N–H and O–H groups in total. The Labute approximate surface area is 347 Å². The summed E-state index contributed by atoms with van der Waals surface area (Å²) in [5.74, 6) is -1.80. The number of anilines is 4. The number of primary amides is 1. The predicted molar refractivity (Wildman–Crippen MR) is 219 cm³/mol. The number of rotatable bonds is 11. The summed E-state index contributed by atoms with van der Waals surface area (Å²) >= 11 is 0. The van der Waals surface area contributed by atoms with Crippen LogP contribution in [0.4, 0.5) is 23.0 Å². The number of benzene rings is 2. The van der Waals surface area contributed by atoms with Crippen LogP contribution in [0.2, 0.25) is 0 Å². The topological polar surface area (TPSA) is 237 Å². The SMILES string of the molecule is CS(=O)(=O)c1ccc(Nc2nc(N3CCC[C@@H](NC(=O)C4CCN(CC5CCN(c6ccc7c(c6)C(=O)N(C6CCC(=O)NC6=O)C7=O)CC5)C4)C3)cnc2C(N)=O)cc1. The molecular weight excluding hydrogens is 793 g/mol. The van der Waals surface area contributed by atoms with E-state index in [-0.39, 0.29) is 58.2 Å². The van der Waals surface area contributed by atoms with E-state index in [1.54, 1.807) is 24.3 Å². The fourth-order valence-electron chi connectivity index (χ4n) is 8.95. The molecule has 2 unspecified atom stereocenters. The second-order valence-corrected chi connectivity index (χ2v) is 18.4. The van der Waals surface area contributed by atoms with E-state index < -0.39 is 45.4 Å². The van der Waals surface area contributed by atoms with Gasteiger partial charge in [0.25, 0.3) is 17.7 Å². The number of likely N-dealkylation sites (tertiary alicyclic amines) is 1. The number of amides is 6. The highest BCUT2D eigenvalue weighted by Gasteiger charge is 2.45. The van der Waals surface area contributed by atoms with Crippen LogP contribution in [0.3, 0.4) is 0 Å². The molecule has 4 fully saturated rings. The summed E-state index contributed by atoms with van der Waals surface area (Å²) < 4.78 is 23.8. The van der Waals surface area contributed by atoms with Crippen LogP contribution >= 0.6 is 0 Å². The molecule has 18 nitrogen and oxygen atoms in total. The van der Waals surface area contributed by atoms with Crippen LogP contribution in [-0.2, 0) is 24.2 Å². The number of sulfone groups is 1. The third kappa shape index (κ3) is 8.54. The molecule has 60 heavy (non-hydrogen) atoms. The van der Waals surface area contributed by atoms with Gasteiger partial charge in [-0.15, -0.1) is 0 Å². The molecule has 0 radical (unpaired) electrons. The average molecular weight is 841 g/mol. The molecule has 5 aliphatic heterocycles. The van der Waals surface area contributed by atoms with Crippen LogP contribution in [0.25, 0.3) is 0 Å². The van der Waals surface area contributed by atoms with Crippen molar-refractivity contribution >= 4 is 68.3 Å². The lowest BCUT2D eigenvalue weighted by atomic mass is 9.95. The summed E-state index contributed by atoms with van der Waals surface area (Å²) in [5.41, 5.74) is 7.44. The lowest BCUT2D eigenvalue weighted by Crippen LogP contribution is -2.54. The Hall–Kier alpha value is -5.95. The molecule has 2 aromatic carbocycles. The van der Waals surface area contributed by atoms with E-state index in [1.807, 2.05) is 11.0 Å². The Kier molecular flexibility index (Phi) is 11.3. The van der Waals surface area contributed by atoms with Gasteiger partial charge in [-0.2, -0.15) is 0 Å². The van der Waals surface area contributed by atoms with Gasteiger partial charge in [-0.05, 0) is 93.5 Å². The minimum Gasteiger partial charge on any atom is -0.371 e. The van der Waals surface area contributed by atoms with Crippen molar-refractivity contribution in [3.63, 3.8) is 0 Å². The van der Waals surface area contributed by atoms with E-state index in [2.05, 4.69) is 35.7 Å². The smallest absolute Gasteiger partial charge is 0.271 e. The summed E-state index contributed by atoms with van der Waals surface area (Å²) in [6.07, 6.45) is 7.09. The summed E-state index contributed by atoms with van der Waals surface area (Å²) in [5, 5.41) is 8.55. The van der Waals surface area contributed by atoms with Gasteiger partial charge < -0.3 is 31.1 Å². The fourth-order valence-corrected chi connectivity index (χ4v) is 9.58. The maximum atomic E-state index is 13.5. The first-order valence-electron chi connectivity index (χ1n) is 20.3. The Morgan fingerprint density at radius 1 is 0.883 bits per heavy atom. The molecule has 0 bridgehead atoms. The van der Waals surface area contributed by atoms with E-state index in [4.69, 9.17) is 5.73 Å². The summed E-state index contributed by atoms with van der Waals surface area (Å²) in [4.78, 5) is 93.0. The zero-order valence-electron chi connectivity index (χ0n) is 33.3. The largest absolute Gasteiger partial charge is 0.371 e. The number of aromatic nitrogens is 2. The number of nitrogens with two attached hydrogens (primary N) is 1. The molecule has 6 heterocycles. The maximum Gasteiger partial charge on any atom is 0.271 e. The predicted octanol–water partition coefficient (Wildman–Crippen LogP) is 1.45. The van der Waals surface area contributed by atoms with E-state index in [0.29, 0.717) is 37.1 Å². The third-order valence-corrected chi connectivity index (χ3v) is 13.3. The molecule has 19 heteroatoms. The minimum absolute atomic E-state index is 0.0371. The normalized spacial score (nSPS) is 22.8. The van der Waals surface area contributed by atoms with E-state index in [1.165, 1.54) is 18.3 Å². The van der Waals surface area contributed by atoms with Crippen molar-refractivity contribution in [2.24, 2.45) is 17.6 Å². The second-order valence-electron chi connectivity index (χ2n) is 16.4. The van der Waals surface area contributed by atoms with Crippen LogP contribution in [-0.4, -0.2) is 128 Å². The first-order chi connectivity index (χ1) is 28.7. The van der Waals surface area contributed by atoms with Gasteiger partial charge in [0.15, 0.2) is 21.3 Å². The molecule has 0 aliphatic carbocycles. The molecule has 4 saturated heterocycles. The highest BCUT2D eigenvalue weighted by Crippen LogP contribution is 2.33. The molecule has 5 aliphatic rings. The van der Waals surface area contributed by atoms with Gasteiger partial charge in [0.2, 0.25) is 17.7 Å². The molecule has 3 aromatic rings. The number of nitrogens with one attached hydrogen (secondary N) is 3. The van der Waals surface area contributed by atoms with Crippen LogP contribution in [0.5, 0.6) is 0 Å². The first kappa shape index (κ1) is 40.8. The van der Waals surface area contributed by atoms with Gasteiger partial charge in [0.1, 0.15) is 11.9 Å². The molecule has 8 rings (SSSR count). The molecule has 6 amide bonds. The highest BCUT2D eigenvalue weighted by molar-refractivity contribution is 7.90. The maximum absolute atomic E-state index is 13.5. The van der Waals surface area contributed by atoms with Gasteiger partial charge in [0, 0.05) is 69.4 Å². The Morgan fingerprint density at radius 3 is 2.35 bits per heavy atom. The van der Waals surface area contributed by atoms with Crippen molar-refractivity contribution in [1.82, 2.24) is 30.4 Å². The van der Waals surface area contributed by atoms with Crippen molar-refractivity contribution in [3.8, 4) is 0 Å². The second kappa shape index (κ2) is 16.6. The monoisotopic (exact) mass is 840 g/mol. The Balaban J connectivity index is 0.812. The number of piperidine rings is 3. The molecule has 0 saturated carbocycles. The van der Waals surface area contributed by atoms with Crippen molar-refractivity contribution in [3.05, 3.63) is 65.5 Å². The van der Waals surface area contributed by atoms with Crippen LogP contribution in [0.1, 0.15) is 76.2 Å². The van der Waals surface area contributed by atoms with Gasteiger partial charge in [-0.3, -0.25) is 39.0 Å². The first-order valence-corrected chi connectivity index (χ1v) is 22.2. The Morgan fingerprint density at radius 2 is 1.63 bits per heavy atom. The number of hydrogen-bond donors (Lipinski definition) is 4. The molecular formula is C41H48N10O8S. The van der Waals surface area contributed by atoms with Crippen LogP contribution in [0, 0.1) is 11.8 Å². The Bertz CT molecular complexity index is 2350. The van der Waals surface area contributed by atoms with Crippen molar-refractivity contribution in [1.29, 1.82) is 0 Å². The zero-order valence-corrected chi connectivity index (χ0v) is 34.1. The number of imide groups is 2. The molecule has 1 aromatic heterocycles. The van der Waals surface area contributed by atoms with Gasteiger partial charge in [0.05, 0.1) is 28.1 Å². The number of carbonyl (C=O) groups excluding carboxylic acids is 6. The van der Waals surface area contributed by atoms with Crippen molar-refractivity contribution in [2.45, 2.75) is 61.9 Å². The summed E-state index contributed by atoms with van der Waals surface area (Å²) in [6.45, 7) is 5.18. The zero-order chi connectivity index (χ0) is 42.3. The minimum atomic E-state index is -3.38. The fraction of sp³-hybridized carbons (Fsp3) is 0.463. The molecule has 0 spiro atoms. The number of carbonyl (C=O) groups is 6. The lowest BCUT2D eigenvalue weighted by molar-refractivity contribution is -0.136. The molecule has 3 atom stereocenters. The lowest BCUT2D eigenvalue weighted by Gasteiger charge is -2.35. The van der Waals surface area contributed by atoms with E-state index in [0.717, 1.165) is 75.1 Å². The van der Waals surface area contributed by atoms with Crippen LogP contribution < -0.4 is 31.5 Å². The summed E-state index contributed by atoms with van der Waals surface area (Å²) in [7, 11) is -3.38. The quantitative estimate of drug-likeness (QED) is 0.200. The van der Waals surface area contributed by atoms with Crippen molar-refractivity contribution < 1.29 is 37.2 Å². The third-order valence-electron chi connectivity index (χ3n) is 12.2. The summed E-state index contributed by atoms with van der Waals surface area (Å²) in [6, 6.07) is 10.2. The van der Waals surface area contributed by atoms with Crippen molar-refractivity contribution in [2.75, 3.05) is 67.2 Å². The van der Waals surface area contributed by atoms with E-state index >= 15 is 0 Å². The molecule has 316 valence electrons. The van der Waals surface area contributed by atoms with E-state index in [9.17, 15) is 37.2 Å². The highest BCUT2D eigenvalue weighted by atomic mass is 32.2. The van der Waals surface area contributed by atoms with Crippen LogP contribution in [0.15, 0.2) is 53.6 Å². The van der Waals surface area contributed by atoms with Gasteiger partial charge in [-0.25, -0.2) is 18.4 Å². The van der Waals surface area contributed by atoms with Gasteiger partial charge in [-0.1, -0.05) is 0 Å². The van der Waals surface area contributed by atoms with Gasteiger partial charge >= 0.3 is 0 Å². The number of nitrogens with zero attached hydrogens (tertiary/aromatic N) is 6. The average Bonchev–Trinajstić information content (AvgIpc) is 3.79. The number of hydrogen-bond acceptors (Lipinski definition) is 14. The number of fused-ring (bicyclic) bond motifs is 1. The standard InChI is InChI=1S/C41H48N10O8S/c1-60(58,59)29-7-4-26(5-8-29)44-37-35(36(42)53)43-20-33(46-37)50-15-2-3-27(23-50)45-38(54)25-14-16-48(22-25)21-24-12-17-49(18-13-24)28-6-9-30-31(19-28)41(57)51(40(30)56)32-10-11-34(52)47-39(32)55/h4-9,19-20,24-25,27,32H,2-3,10-18,21-23H2,1H3,(H2,42,53)(H,44,46)(H,45,54)(H,47,52,55)/t25?,27-,32?/m1/s1.